The molecule has 0 radical (unpaired) electrons. The first-order valence-corrected chi connectivity index (χ1v) is 10.1. The number of aromatic nitrogens is 3. The molecule has 3 aromatic rings. The van der Waals surface area contributed by atoms with Gasteiger partial charge in [-0.05, 0) is 75.9 Å². The standard InChI is InChI=1S/C22H29N5.BrH/c1-16(22-25-18-10-2-3-11-19(18)26-22)27(15-5-4-13-23)20-12-6-8-17-9-7-14-24-21(17)20;/h2-3,7,9-11,14,16,20H,4-6,8,12-13,15,23H2,1H3,(H,25,26);1H. The lowest BCUT2D eigenvalue weighted by Crippen LogP contribution is -2.35. The molecule has 28 heavy (non-hydrogen) atoms. The molecule has 0 saturated heterocycles. The largest absolute Gasteiger partial charge is 0.341 e. The lowest BCUT2D eigenvalue weighted by molar-refractivity contribution is 0.118. The quantitative estimate of drug-likeness (QED) is 0.518. The summed E-state index contributed by atoms with van der Waals surface area (Å²) >= 11 is 0. The minimum Gasteiger partial charge on any atom is -0.341 e. The number of nitrogens with two attached hydrogens (primary N) is 1. The lowest BCUT2D eigenvalue weighted by Gasteiger charge is -2.38. The molecule has 3 N–H and O–H groups in total. The van der Waals surface area contributed by atoms with Crippen LogP contribution in [0.3, 0.4) is 0 Å². The zero-order valence-corrected chi connectivity index (χ0v) is 18.2. The molecule has 4 rings (SSSR count). The Hall–Kier alpha value is -1.76. The number of nitrogens with one attached hydrogen (secondary N) is 1. The number of aryl methyl sites for hydroxylation is 1. The molecule has 2 heterocycles. The van der Waals surface area contributed by atoms with E-state index in [1.165, 1.54) is 17.7 Å². The van der Waals surface area contributed by atoms with Crippen LogP contribution in [0.4, 0.5) is 0 Å². The number of hydrogen-bond acceptors (Lipinski definition) is 4. The zero-order chi connectivity index (χ0) is 18.6. The van der Waals surface area contributed by atoms with Crippen molar-refractivity contribution in [1.82, 2.24) is 19.9 Å². The van der Waals surface area contributed by atoms with Gasteiger partial charge in [-0.25, -0.2) is 4.98 Å². The number of para-hydroxylation sites is 2. The molecule has 5 nitrogen and oxygen atoms in total. The molecule has 0 bridgehead atoms. The van der Waals surface area contributed by atoms with Crippen molar-refractivity contribution >= 4 is 28.0 Å². The number of fused-ring (bicyclic) bond motifs is 2. The Kier molecular flexibility index (Phi) is 7.21. The highest BCUT2D eigenvalue weighted by atomic mass is 79.9. The maximum Gasteiger partial charge on any atom is 0.124 e. The molecule has 2 unspecified atom stereocenters. The van der Waals surface area contributed by atoms with E-state index in [0.717, 1.165) is 55.6 Å². The molecule has 0 aliphatic heterocycles. The van der Waals surface area contributed by atoms with Crippen LogP contribution in [0.15, 0.2) is 42.6 Å². The van der Waals surface area contributed by atoms with Gasteiger partial charge in [0, 0.05) is 6.20 Å². The number of hydrogen-bond donors (Lipinski definition) is 2. The average molecular weight is 444 g/mol. The summed E-state index contributed by atoms with van der Waals surface area (Å²) in [6, 6.07) is 13.1. The van der Waals surface area contributed by atoms with Crippen LogP contribution in [0.1, 0.15) is 61.8 Å². The fraction of sp³-hybridized carbons (Fsp3) is 0.455. The van der Waals surface area contributed by atoms with Gasteiger partial charge in [0.25, 0.3) is 0 Å². The second-order valence-electron chi connectivity index (χ2n) is 7.50. The van der Waals surface area contributed by atoms with Crippen molar-refractivity contribution in [3.05, 3.63) is 59.7 Å². The second kappa shape index (κ2) is 9.63. The smallest absolute Gasteiger partial charge is 0.124 e. The van der Waals surface area contributed by atoms with Crippen molar-refractivity contribution < 1.29 is 0 Å². The SMILES string of the molecule is Br.CC(c1nc2ccccc2[nH]1)N(CCCCN)C1CCCc2cccnc21. The maximum atomic E-state index is 5.76. The first-order chi connectivity index (χ1) is 13.3. The number of imidazole rings is 1. The molecular weight excluding hydrogens is 414 g/mol. The van der Waals surface area contributed by atoms with Crippen molar-refractivity contribution in [1.29, 1.82) is 0 Å². The number of aromatic amines is 1. The predicted molar refractivity (Wildman–Crippen MR) is 120 cm³/mol. The van der Waals surface area contributed by atoms with Crippen molar-refractivity contribution in [3.63, 3.8) is 0 Å². The van der Waals surface area contributed by atoms with Crippen LogP contribution in [-0.4, -0.2) is 32.9 Å². The van der Waals surface area contributed by atoms with Gasteiger partial charge in [-0.15, -0.1) is 17.0 Å². The van der Waals surface area contributed by atoms with Gasteiger partial charge in [0.2, 0.25) is 0 Å². The summed E-state index contributed by atoms with van der Waals surface area (Å²) < 4.78 is 0. The minimum absolute atomic E-state index is 0. The Bertz CT molecular complexity index is 860. The molecule has 1 aromatic carbocycles. The molecular formula is C22H30BrN5. The molecule has 1 aliphatic carbocycles. The molecule has 0 fully saturated rings. The minimum atomic E-state index is 0. The molecule has 0 spiro atoms. The lowest BCUT2D eigenvalue weighted by atomic mass is 9.90. The number of rotatable bonds is 7. The molecule has 0 amide bonds. The average Bonchev–Trinajstić information content (AvgIpc) is 3.15. The monoisotopic (exact) mass is 443 g/mol. The van der Waals surface area contributed by atoms with E-state index < -0.39 is 0 Å². The van der Waals surface area contributed by atoms with Crippen molar-refractivity contribution in [2.24, 2.45) is 5.73 Å². The van der Waals surface area contributed by atoms with Gasteiger partial charge in [-0.1, -0.05) is 18.2 Å². The Morgan fingerprint density at radius 3 is 2.89 bits per heavy atom. The second-order valence-corrected chi connectivity index (χ2v) is 7.50. The number of halogens is 1. The predicted octanol–water partition coefficient (Wildman–Crippen LogP) is 4.72. The molecule has 150 valence electrons. The van der Waals surface area contributed by atoms with E-state index in [9.17, 15) is 0 Å². The van der Waals surface area contributed by atoms with Gasteiger partial charge >= 0.3 is 0 Å². The number of pyridine rings is 1. The summed E-state index contributed by atoms with van der Waals surface area (Å²) in [7, 11) is 0. The normalized spacial score (nSPS) is 17.3. The highest BCUT2D eigenvalue weighted by molar-refractivity contribution is 8.93. The Balaban J connectivity index is 0.00000225. The van der Waals surface area contributed by atoms with Crippen molar-refractivity contribution in [2.75, 3.05) is 13.1 Å². The molecule has 2 aromatic heterocycles. The van der Waals surface area contributed by atoms with Crippen LogP contribution >= 0.6 is 17.0 Å². The van der Waals surface area contributed by atoms with E-state index in [1.54, 1.807) is 0 Å². The Morgan fingerprint density at radius 2 is 2.07 bits per heavy atom. The van der Waals surface area contributed by atoms with E-state index >= 15 is 0 Å². The van der Waals surface area contributed by atoms with Gasteiger partial charge in [-0.2, -0.15) is 0 Å². The van der Waals surface area contributed by atoms with Crippen molar-refractivity contribution in [2.45, 2.75) is 51.1 Å². The van der Waals surface area contributed by atoms with Crippen LogP contribution in [0, 0.1) is 0 Å². The highest BCUT2D eigenvalue weighted by Gasteiger charge is 2.31. The summed E-state index contributed by atoms with van der Waals surface area (Å²) in [5.74, 6) is 1.03. The first kappa shape index (κ1) is 21.0. The fourth-order valence-electron chi connectivity index (χ4n) is 4.29. The summed E-state index contributed by atoms with van der Waals surface area (Å²) in [5, 5.41) is 0. The van der Waals surface area contributed by atoms with Gasteiger partial charge < -0.3 is 10.7 Å². The first-order valence-electron chi connectivity index (χ1n) is 10.1. The number of unbranched alkanes of at least 4 members (excludes halogenated alkanes) is 1. The highest BCUT2D eigenvalue weighted by Crippen LogP contribution is 2.37. The van der Waals surface area contributed by atoms with Crippen LogP contribution < -0.4 is 5.73 Å². The van der Waals surface area contributed by atoms with E-state index in [1.807, 2.05) is 12.3 Å². The Labute approximate surface area is 177 Å². The summed E-state index contributed by atoms with van der Waals surface area (Å²) in [5.41, 5.74) is 10.5. The number of nitrogens with zero attached hydrogens (tertiary/aromatic N) is 3. The third-order valence-electron chi connectivity index (χ3n) is 5.74. The van der Waals surface area contributed by atoms with Crippen LogP contribution in [0.25, 0.3) is 11.0 Å². The number of benzene rings is 1. The zero-order valence-electron chi connectivity index (χ0n) is 16.5. The number of H-pyrrole nitrogens is 1. The third-order valence-corrected chi connectivity index (χ3v) is 5.74. The fourth-order valence-corrected chi connectivity index (χ4v) is 4.29. The summed E-state index contributed by atoms with van der Waals surface area (Å²) in [4.78, 5) is 15.8. The van der Waals surface area contributed by atoms with Crippen LogP contribution in [0.2, 0.25) is 0 Å². The van der Waals surface area contributed by atoms with Crippen molar-refractivity contribution in [3.8, 4) is 0 Å². The topological polar surface area (TPSA) is 70.8 Å². The molecule has 6 heteroatoms. The van der Waals surface area contributed by atoms with Gasteiger partial charge in [0.05, 0.1) is 28.8 Å². The maximum absolute atomic E-state index is 5.76. The molecule has 1 aliphatic rings. The third kappa shape index (κ3) is 4.29. The van der Waals surface area contributed by atoms with E-state index in [2.05, 4.69) is 47.1 Å². The summed E-state index contributed by atoms with van der Waals surface area (Å²) in [6.07, 6.45) is 7.57. The van der Waals surface area contributed by atoms with Crippen LogP contribution in [0.5, 0.6) is 0 Å². The van der Waals surface area contributed by atoms with Crippen LogP contribution in [-0.2, 0) is 6.42 Å². The van der Waals surface area contributed by atoms with E-state index in [4.69, 9.17) is 15.7 Å². The van der Waals surface area contributed by atoms with E-state index in [-0.39, 0.29) is 23.0 Å². The molecule has 2 atom stereocenters. The molecule has 0 saturated carbocycles. The Morgan fingerprint density at radius 1 is 1.21 bits per heavy atom. The van der Waals surface area contributed by atoms with E-state index in [0.29, 0.717) is 6.04 Å². The summed E-state index contributed by atoms with van der Waals surface area (Å²) in [6.45, 7) is 4.01. The van der Waals surface area contributed by atoms with Gasteiger partial charge in [0.15, 0.2) is 0 Å². The van der Waals surface area contributed by atoms with Gasteiger partial charge in [-0.3, -0.25) is 9.88 Å². The van der Waals surface area contributed by atoms with Gasteiger partial charge in [0.1, 0.15) is 5.82 Å².